The van der Waals surface area contributed by atoms with Crippen molar-refractivity contribution < 1.29 is 4.74 Å². The molecule has 13 heavy (non-hydrogen) atoms. The van der Waals surface area contributed by atoms with Gasteiger partial charge in [-0.2, -0.15) is 0 Å². The number of nitrogens with zero attached hydrogens (tertiary/aromatic N) is 1. The van der Waals surface area contributed by atoms with Crippen LogP contribution >= 0.6 is 0 Å². The van der Waals surface area contributed by atoms with E-state index in [9.17, 15) is 0 Å². The van der Waals surface area contributed by atoms with Gasteiger partial charge in [0.15, 0.2) is 0 Å². The molecular weight excluding hydrogens is 164 g/mol. The molecule has 0 atom stereocenters. The average Bonchev–Trinajstić information content (AvgIpc) is 2.16. The van der Waals surface area contributed by atoms with Crippen LogP contribution in [0.15, 0.2) is 6.07 Å². The second-order valence-electron chi connectivity index (χ2n) is 3.34. The van der Waals surface area contributed by atoms with E-state index in [1.807, 2.05) is 6.92 Å². The fourth-order valence-corrected chi connectivity index (χ4v) is 1.74. The van der Waals surface area contributed by atoms with Gasteiger partial charge >= 0.3 is 0 Å². The molecule has 0 aromatic carbocycles. The maximum absolute atomic E-state index is 5.22. The van der Waals surface area contributed by atoms with Gasteiger partial charge in [-0.05, 0) is 31.4 Å². The first-order valence-corrected chi connectivity index (χ1v) is 4.59. The number of aryl methyl sites for hydroxylation is 2. The summed E-state index contributed by atoms with van der Waals surface area (Å²) in [5, 5.41) is 3.32. The first kappa shape index (κ1) is 8.35. The maximum atomic E-state index is 5.22. The van der Waals surface area contributed by atoms with Crippen molar-refractivity contribution in [1.29, 1.82) is 0 Å². The Morgan fingerprint density at radius 1 is 1.54 bits per heavy atom. The molecule has 1 aromatic rings. The maximum Gasteiger partial charge on any atom is 0.237 e. The van der Waals surface area contributed by atoms with Crippen molar-refractivity contribution in [3.63, 3.8) is 0 Å². The summed E-state index contributed by atoms with van der Waals surface area (Å²) in [6, 6.07) is 2.13. The highest BCUT2D eigenvalue weighted by Gasteiger charge is 2.14. The molecule has 1 aliphatic rings. The third kappa shape index (κ3) is 1.46. The van der Waals surface area contributed by atoms with E-state index in [-0.39, 0.29) is 0 Å². The molecule has 0 bridgehead atoms. The molecule has 3 heteroatoms. The zero-order valence-corrected chi connectivity index (χ0v) is 8.05. The van der Waals surface area contributed by atoms with Crippen molar-refractivity contribution in [3.8, 4) is 5.88 Å². The van der Waals surface area contributed by atoms with Crippen LogP contribution in [0.5, 0.6) is 5.88 Å². The number of fused-ring (bicyclic) bond motifs is 1. The molecule has 0 spiro atoms. The highest BCUT2D eigenvalue weighted by atomic mass is 16.5. The van der Waals surface area contributed by atoms with E-state index in [4.69, 9.17) is 4.74 Å². The Morgan fingerprint density at radius 2 is 2.38 bits per heavy atom. The van der Waals surface area contributed by atoms with Crippen LogP contribution in [0.2, 0.25) is 0 Å². The summed E-state index contributed by atoms with van der Waals surface area (Å²) in [5.74, 6) is 0.731. The third-order valence-electron chi connectivity index (χ3n) is 2.31. The summed E-state index contributed by atoms with van der Waals surface area (Å²) >= 11 is 0. The van der Waals surface area contributed by atoms with Gasteiger partial charge in [-0.15, -0.1) is 0 Å². The topological polar surface area (TPSA) is 34.1 Å². The summed E-state index contributed by atoms with van der Waals surface area (Å²) in [6.45, 7) is 3.02. The van der Waals surface area contributed by atoms with Crippen molar-refractivity contribution in [2.45, 2.75) is 19.8 Å². The summed E-state index contributed by atoms with van der Waals surface area (Å²) in [5.41, 5.74) is 3.44. The number of aromatic nitrogens is 1. The molecule has 0 aliphatic carbocycles. The van der Waals surface area contributed by atoms with Crippen molar-refractivity contribution in [2.75, 3.05) is 19.0 Å². The molecule has 0 saturated carbocycles. The van der Waals surface area contributed by atoms with Crippen LogP contribution in [-0.2, 0) is 6.42 Å². The number of methoxy groups -OCH3 is 1. The highest BCUT2D eigenvalue weighted by molar-refractivity contribution is 5.60. The van der Waals surface area contributed by atoms with Gasteiger partial charge in [0, 0.05) is 12.2 Å². The lowest BCUT2D eigenvalue weighted by atomic mass is 10.0. The Hall–Kier alpha value is -1.25. The van der Waals surface area contributed by atoms with Gasteiger partial charge in [0.25, 0.3) is 0 Å². The smallest absolute Gasteiger partial charge is 0.237 e. The molecule has 2 rings (SSSR count). The Labute approximate surface area is 78.1 Å². The van der Waals surface area contributed by atoms with Gasteiger partial charge in [0.2, 0.25) is 5.88 Å². The van der Waals surface area contributed by atoms with Crippen molar-refractivity contribution in [2.24, 2.45) is 0 Å². The second kappa shape index (κ2) is 3.24. The van der Waals surface area contributed by atoms with E-state index >= 15 is 0 Å². The van der Waals surface area contributed by atoms with Crippen molar-refractivity contribution in [3.05, 3.63) is 17.3 Å². The lowest BCUT2D eigenvalue weighted by molar-refractivity contribution is 0.397. The third-order valence-corrected chi connectivity index (χ3v) is 2.31. The zero-order valence-electron chi connectivity index (χ0n) is 8.05. The van der Waals surface area contributed by atoms with Crippen LogP contribution in [0.25, 0.3) is 0 Å². The molecular formula is C10H14N2O. The number of rotatable bonds is 1. The molecule has 0 unspecified atom stereocenters. The van der Waals surface area contributed by atoms with Gasteiger partial charge in [-0.3, -0.25) is 0 Å². The van der Waals surface area contributed by atoms with E-state index in [0.29, 0.717) is 0 Å². The summed E-state index contributed by atoms with van der Waals surface area (Å²) in [7, 11) is 1.67. The molecule has 0 fully saturated rings. The lowest BCUT2D eigenvalue weighted by Crippen LogP contribution is -2.13. The summed E-state index contributed by atoms with van der Waals surface area (Å²) < 4.78 is 5.22. The Morgan fingerprint density at radius 3 is 3.15 bits per heavy atom. The molecule has 1 aliphatic heterocycles. The predicted molar refractivity (Wildman–Crippen MR) is 52.3 cm³/mol. The number of anilines is 1. The van der Waals surface area contributed by atoms with Gasteiger partial charge in [0.05, 0.1) is 7.11 Å². The first-order valence-electron chi connectivity index (χ1n) is 4.59. The largest absolute Gasteiger partial charge is 0.480 e. The SMILES string of the molecule is COc1nc(C)cc2c1NCCC2. The Bertz CT molecular complexity index is 306. The van der Waals surface area contributed by atoms with E-state index < -0.39 is 0 Å². The predicted octanol–water partition coefficient (Wildman–Crippen LogP) is 1.76. The molecule has 2 heterocycles. The number of hydrogen-bond donors (Lipinski definition) is 1. The average molecular weight is 178 g/mol. The van der Waals surface area contributed by atoms with Crippen LogP contribution in [0.4, 0.5) is 5.69 Å². The number of hydrogen-bond acceptors (Lipinski definition) is 3. The van der Waals surface area contributed by atoms with E-state index in [0.717, 1.165) is 30.2 Å². The summed E-state index contributed by atoms with van der Waals surface area (Å²) in [4.78, 5) is 4.32. The Balaban J connectivity index is 2.50. The molecule has 70 valence electrons. The monoisotopic (exact) mass is 178 g/mol. The van der Waals surface area contributed by atoms with Gasteiger partial charge in [0.1, 0.15) is 5.69 Å². The zero-order chi connectivity index (χ0) is 9.26. The minimum Gasteiger partial charge on any atom is -0.480 e. The van der Waals surface area contributed by atoms with Crippen LogP contribution < -0.4 is 10.1 Å². The number of pyridine rings is 1. The van der Waals surface area contributed by atoms with E-state index in [2.05, 4.69) is 16.4 Å². The lowest BCUT2D eigenvalue weighted by Gasteiger charge is -2.20. The molecule has 0 saturated heterocycles. The van der Waals surface area contributed by atoms with Gasteiger partial charge in [-0.1, -0.05) is 0 Å². The Kier molecular flexibility index (Phi) is 2.08. The normalized spacial score (nSPS) is 14.6. The fourth-order valence-electron chi connectivity index (χ4n) is 1.74. The van der Waals surface area contributed by atoms with Crippen LogP contribution in [0.1, 0.15) is 17.7 Å². The van der Waals surface area contributed by atoms with Gasteiger partial charge < -0.3 is 10.1 Å². The molecule has 0 amide bonds. The molecule has 0 radical (unpaired) electrons. The quantitative estimate of drug-likeness (QED) is 0.711. The van der Waals surface area contributed by atoms with Gasteiger partial charge in [-0.25, -0.2) is 4.98 Å². The second-order valence-corrected chi connectivity index (χ2v) is 3.34. The van der Waals surface area contributed by atoms with E-state index in [1.54, 1.807) is 7.11 Å². The molecule has 1 N–H and O–H groups in total. The minimum atomic E-state index is 0.731. The van der Waals surface area contributed by atoms with E-state index in [1.165, 1.54) is 12.0 Å². The van der Waals surface area contributed by atoms with Crippen LogP contribution in [0.3, 0.4) is 0 Å². The van der Waals surface area contributed by atoms with Crippen LogP contribution in [0, 0.1) is 6.92 Å². The standard InChI is InChI=1S/C10H14N2O/c1-7-6-8-4-3-5-11-9(8)10(12-7)13-2/h6,11H,3-5H2,1-2H3. The van der Waals surface area contributed by atoms with Crippen molar-refractivity contribution >= 4 is 5.69 Å². The summed E-state index contributed by atoms with van der Waals surface area (Å²) in [6.07, 6.45) is 2.32. The fraction of sp³-hybridized carbons (Fsp3) is 0.500. The number of nitrogens with one attached hydrogen (secondary N) is 1. The highest BCUT2D eigenvalue weighted by Crippen LogP contribution is 2.30. The first-order chi connectivity index (χ1) is 6.31. The number of ether oxygens (including phenoxy) is 1. The molecule has 1 aromatic heterocycles. The van der Waals surface area contributed by atoms with Crippen LogP contribution in [-0.4, -0.2) is 18.6 Å². The van der Waals surface area contributed by atoms with Crippen molar-refractivity contribution in [1.82, 2.24) is 4.98 Å². The minimum absolute atomic E-state index is 0.731. The molecule has 3 nitrogen and oxygen atoms in total.